The zero-order chi connectivity index (χ0) is 34.8. The van der Waals surface area contributed by atoms with Crippen LogP contribution in [0.25, 0.3) is 11.1 Å². The number of para-hydroxylation sites is 4. The second-order valence-electron chi connectivity index (χ2n) is 10.2. The van der Waals surface area contributed by atoms with E-state index in [1.807, 2.05) is 0 Å². The van der Waals surface area contributed by atoms with E-state index in [-0.39, 0.29) is 21.4 Å². The number of anilines is 2. The molecule has 48 heavy (non-hydrogen) atoms. The predicted octanol–water partition coefficient (Wildman–Crippen LogP) is 8.04. The second-order valence-corrected chi connectivity index (χ2v) is 11.0. The Hall–Kier alpha value is -5.46. The van der Waals surface area contributed by atoms with Crippen molar-refractivity contribution in [1.29, 1.82) is 0 Å². The average Bonchev–Trinajstić information content (AvgIpc) is 3.06. The van der Waals surface area contributed by atoms with Gasteiger partial charge in [0.05, 0.1) is 35.6 Å². The first-order chi connectivity index (χ1) is 23.0. The molecule has 4 aromatic carbocycles. The molecule has 0 aliphatic rings. The SMILES string of the molecule is COc1ccccc1NC(=O)[C@H](N=Nc1ccc(-c2ccc(N=N[C@H](C(C)=O)C(=O)Nc3ccccc3OC)c(Cl)c2)cc1Cl)C(C)=O. The van der Waals surface area contributed by atoms with Crippen molar-refractivity contribution in [2.24, 2.45) is 20.5 Å². The van der Waals surface area contributed by atoms with Crippen LogP contribution in [0.15, 0.2) is 105 Å². The summed E-state index contributed by atoms with van der Waals surface area (Å²) in [6.07, 6.45) is 0. The molecular weight excluding hydrogens is 659 g/mol. The number of azo groups is 2. The molecule has 0 bridgehead atoms. The van der Waals surface area contributed by atoms with E-state index < -0.39 is 35.5 Å². The first-order valence-corrected chi connectivity index (χ1v) is 15.1. The maximum Gasteiger partial charge on any atom is 0.258 e. The molecular formula is C34H30Cl2N6O6. The van der Waals surface area contributed by atoms with Crippen LogP contribution < -0.4 is 20.1 Å². The molecule has 4 rings (SSSR count). The van der Waals surface area contributed by atoms with Gasteiger partial charge in [0.1, 0.15) is 22.9 Å². The van der Waals surface area contributed by atoms with Crippen LogP contribution in [0, 0.1) is 0 Å². The van der Waals surface area contributed by atoms with E-state index in [1.165, 1.54) is 28.1 Å². The monoisotopic (exact) mass is 688 g/mol. The minimum absolute atomic E-state index is 0.203. The molecule has 14 heteroatoms. The summed E-state index contributed by atoms with van der Waals surface area (Å²) in [6, 6.07) is 20.5. The van der Waals surface area contributed by atoms with E-state index in [4.69, 9.17) is 32.7 Å². The highest BCUT2D eigenvalue weighted by Gasteiger charge is 2.25. The third-order valence-corrected chi connectivity index (χ3v) is 7.39. The Kier molecular flexibility index (Phi) is 12.1. The van der Waals surface area contributed by atoms with Gasteiger partial charge in [-0.05, 0) is 73.5 Å². The van der Waals surface area contributed by atoms with Crippen LogP contribution in [-0.2, 0) is 19.2 Å². The van der Waals surface area contributed by atoms with Crippen molar-refractivity contribution < 1.29 is 28.7 Å². The quantitative estimate of drug-likeness (QED) is 0.107. The molecule has 246 valence electrons. The lowest BCUT2D eigenvalue weighted by atomic mass is 10.0. The van der Waals surface area contributed by atoms with Gasteiger partial charge < -0.3 is 20.1 Å². The molecule has 0 aromatic heterocycles. The molecule has 0 unspecified atom stereocenters. The molecule has 2 N–H and O–H groups in total. The number of hydrogen-bond donors (Lipinski definition) is 2. The van der Waals surface area contributed by atoms with E-state index in [9.17, 15) is 19.2 Å². The van der Waals surface area contributed by atoms with Crippen molar-refractivity contribution in [2.45, 2.75) is 25.9 Å². The zero-order valence-electron chi connectivity index (χ0n) is 26.2. The number of halogens is 2. The lowest BCUT2D eigenvalue weighted by molar-refractivity contribution is -0.127. The number of amides is 2. The van der Waals surface area contributed by atoms with Crippen LogP contribution in [-0.4, -0.2) is 49.7 Å². The average molecular weight is 690 g/mol. The van der Waals surface area contributed by atoms with Gasteiger partial charge >= 0.3 is 0 Å². The highest BCUT2D eigenvalue weighted by atomic mass is 35.5. The largest absolute Gasteiger partial charge is 0.495 e. The van der Waals surface area contributed by atoms with E-state index >= 15 is 0 Å². The molecule has 0 spiro atoms. The number of benzene rings is 4. The number of ketones is 2. The number of Topliss-reactive ketones (excluding diaryl/α,β-unsaturated/α-hetero) is 2. The molecule has 0 saturated heterocycles. The van der Waals surface area contributed by atoms with Crippen molar-refractivity contribution >= 4 is 69.3 Å². The fourth-order valence-electron chi connectivity index (χ4n) is 4.31. The molecule has 12 nitrogen and oxygen atoms in total. The Labute approximate surface area is 286 Å². The number of carbonyl (C=O) groups excluding carboxylic acids is 4. The Morgan fingerprint density at radius 1 is 0.604 bits per heavy atom. The summed E-state index contributed by atoms with van der Waals surface area (Å²) >= 11 is 13.0. The minimum atomic E-state index is -1.42. The van der Waals surface area contributed by atoms with Crippen LogP contribution in [0.1, 0.15) is 13.8 Å². The van der Waals surface area contributed by atoms with E-state index in [1.54, 1.807) is 84.9 Å². The normalized spacial score (nSPS) is 12.4. The molecule has 2 amide bonds. The zero-order valence-corrected chi connectivity index (χ0v) is 27.7. The van der Waals surface area contributed by atoms with Crippen molar-refractivity contribution in [2.75, 3.05) is 24.9 Å². The standard InChI is InChI=1S/C34H30Cl2N6O6/c1-19(43)31(33(45)37-27-9-5-7-11-29(27)47-3)41-39-25-15-13-21(17-23(25)35)22-14-16-26(24(36)18-22)40-42-32(20(2)44)34(46)38-28-10-6-8-12-30(28)48-4/h5-18,31-32H,1-4H3,(H,37,45)(H,38,46)/t31-,32-/m1/s1. The number of nitrogens with one attached hydrogen (secondary N) is 2. The van der Waals surface area contributed by atoms with Gasteiger partial charge in [0.15, 0.2) is 11.6 Å². The molecule has 0 heterocycles. The molecule has 0 radical (unpaired) electrons. The van der Waals surface area contributed by atoms with Gasteiger partial charge in [-0.15, -0.1) is 0 Å². The molecule has 4 aromatic rings. The number of methoxy groups -OCH3 is 2. The lowest BCUT2D eigenvalue weighted by Gasteiger charge is -2.12. The van der Waals surface area contributed by atoms with Gasteiger partial charge in [0.25, 0.3) is 11.8 Å². The first kappa shape index (κ1) is 35.4. The second kappa shape index (κ2) is 16.4. The third-order valence-electron chi connectivity index (χ3n) is 6.79. The number of carbonyl (C=O) groups is 4. The summed E-state index contributed by atoms with van der Waals surface area (Å²) in [6.45, 7) is 2.47. The van der Waals surface area contributed by atoms with Gasteiger partial charge in [-0.25, -0.2) is 0 Å². The fraction of sp³-hybridized carbons (Fsp3) is 0.176. The highest BCUT2D eigenvalue weighted by molar-refractivity contribution is 6.34. The van der Waals surface area contributed by atoms with Gasteiger partial charge in [-0.2, -0.15) is 20.5 Å². The predicted molar refractivity (Wildman–Crippen MR) is 183 cm³/mol. The minimum Gasteiger partial charge on any atom is -0.495 e. The van der Waals surface area contributed by atoms with Gasteiger partial charge in [-0.3, -0.25) is 19.2 Å². The van der Waals surface area contributed by atoms with Crippen molar-refractivity contribution in [1.82, 2.24) is 0 Å². The van der Waals surface area contributed by atoms with E-state index in [2.05, 4.69) is 31.1 Å². The summed E-state index contributed by atoms with van der Waals surface area (Å²) in [4.78, 5) is 50.1. The summed E-state index contributed by atoms with van der Waals surface area (Å²) < 4.78 is 10.5. The van der Waals surface area contributed by atoms with Gasteiger partial charge in [0.2, 0.25) is 12.1 Å². The first-order valence-electron chi connectivity index (χ1n) is 14.3. The number of rotatable bonds is 13. The molecule has 0 aliphatic carbocycles. The van der Waals surface area contributed by atoms with Crippen molar-refractivity contribution in [3.63, 3.8) is 0 Å². The summed E-state index contributed by atoms with van der Waals surface area (Å²) in [5, 5.41) is 21.7. The number of ether oxygens (including phenoxy) is 2. The highest BCUT2D eigenvalue weighted by Crippen LogP contribution is 2.35. The van der Waals surface area contributed by atoms with Crippen LogP contribution in [0.3, 0.4) is 0 Å². The molecule has 0 saturated carbocycles. The van der Waals surface area contributed by atoms with Gasteiger partial charge in [0, 0.05) is 0 Å². The van der Waals surface area contributed by atoms with Gasteiger partial charge in [-0.1, -0.05) is 59.6 Å². The maximum atomic E-state index is 12.8. The van der Waals surface area contributed by atoms with E-state index in [0.717, 1.165) is 0 Å². The van der Waals surface area contributed by atoms with Crippen LogP contribution >= 0.6 is 23.2 Å². The smallest absolute Gasteiger partial charge is 0.258 e. The third kappa shape index (κ3) is 8.87. The number of hydrogen-bond acceptors (Lipinski definition) is 10. The molecule has 0 aliphatic heterocycles. The van der Waals surface area contributed by atoms with Crippen LogP contribution in [0.4, 0.5) is 22.7 Å². The van der Waals surface area contributed by atoms with E-state index in [0.29, 0.717) is 34.0 Å². The molecule has 0 fully saturated rings. The Bertz CT molecular complexity index is 1780. The Morgan fingerprint density at radius 2 is 0.979 bits per heavy atom. The lowest BCUT2D eigenvalue weighted by Crippen LogP contribution is -2.31. The van der Waals surface area contributed by atoms with Crippen molar-refractivity contribution in [3.8, 4) is 22.6 Å². The van der Waals surface area contributed by atoms with Crippen LogP contribution in [0.2, 0.25) is 10.0 Å². The van der Waals surface area contributed by atoms with Crippen LogP contribution in [0.5, 0.6) is 11.5 Å². The topological polar surface area (TPSA) is 160 Å². The van der Waals surface area contributed by atoms with Crippen molar-refractivity contribution in [3.05, 3.63) is 95.0 Å². The fourth-order valence-corrected chi connectivity index (χ4v) is 4.75. The summed E-state index contributed by atoms with van der Waals surface area (Å²) in [5.74, 6) is -1.54. The summed E-state index contributed by atoms with van der Waals surface area (Å²) in [5.41, 5.74) is 2.56. The molecule has 2 atom stereocenters. The maximum absolute atomic E-state index is 12.8. The Morgan fingerprint density at radius 3 is 1.31 bits per heavy atom. The summed E-state index contributed by atoms with van der Waals surface area (Å²) in [7, 11) is 2.93. The number of nitrogens with zero attached hydrogens (tertiary/aromatic N) is 4. The Balaban J connectivity index is 1.48.